The Kier molecular flexibility index (Phi) is 4.62. The second-order valence-corrected chi connectivity index (χ2v) is 4.81. The number of halogens is 4. The summed E-state index contributed by atoms with van der Waals surface area (Å²) in [4.78, 5) is 1.43. The van der Waals surface area contributed by atoms with Crippen molar-refractivity contribution in [2.45, 2.75) is 12.0 Å². The molecule has 0 aliphatic carbocycles. The summed E-state index contributed by atoms with van der Waals surface area (Å²) in [6.07, 6.45) is 0. The van der Waals surface area contributed by atoms with Gasteiger partial charge in [0.25, 0.3) is 5.92 Å². The van der Waals surface area contributed by atoms with E-state index in [-0.39, 0.29) is 5.56 Å². The monoisotopic (exact) mass is 292 g/mol. The van der Waals surface area contributed by atoms with Crippen LogP contribution in [0.1, 0.15) is 11.6 Å². The van der Waals surface area contributed by atoms with Gasteiger partial charge in [0, 0.05) is 32.2 Å². The van der Waals surface area contributed by atoms with Gasteiger partial charge in [-0.05, 0) is 17.7 Å². The minimum atomic E-state index is -3.47. The zero-order valence-corrected chi connectivity index (χ0v) is 10.8. The first-order chi connectivity index (χ1) is 9.44. The number of aliphatic hydroxyl groups excluding tert-OH is 1. The van der Waals surface area contributed by atoms with Crippen LogP contribution in [0.5, 0.6) is 0 Å². The molecule has 1 atom stereocenters. The summed E-state index contributed by atoms with van der Waals surface area (Å²) in [5, 5.41) is 11.9. The molecule has 2 N–H and O–H groups in total. The van der Waals surface area contributed by atoms with Crippen molar-refractivity contribution < 1.29 is 22.7 Å². The molecule has 1 aliphatic rings. The standard InChI is InChI=1S/C13H16F4N2O/c14-10-5-9(6-11(15)7-10)12(13(16,17)8-20)19-3-1-18-2-4-19/h5-7,12,18,20H,1-4,8H2/t12-/m0/s1. The molecule has 7 heteroatoms. The van der Waals surface area contributed by atoms with E-state index in [9.17, 15) is 17.6 Å². The summed E-state index contributed by atoms with van der Waals surface area (Å²) < 4.78 is 54.5. The van der Waals surface area contributed by atoms with Crippen LogP contribution in [-0.2, 0) is 0 Å². The van der Waals surface area contributed by atoms with Crippen LogP contribution in [0.25, 0.3) is 0 Å². The smallest absolute Gasteiger partial charge is 0.289 e. The second kappa shape index (κ2) is 6.07. The predicted molar refractivity (Wildman–Crippen MR) is 65.6 cm³/mol. The van der Waals surface area contributed by atoms with Gasteiger partial charge >= 0.3 is 0 Å². The molecule has 3 nitrogen and oxygen atoms in total. The van der Waals surface area contributed by atoms with E-state index in [1.165, 1.54) is 4.90 Å². The highest BCUT2D eigenvalue weighted by molar-refractivity contribution is 5.24. The van der Waals surface area contributed by atoms with Gasteiger partial charge < -0.3 is 10.4 Å². The van der Waals surface area contributed by atoms with Crippen LogP contribution in [0.4, 0.5) is 17.6 Å². The summed E-state index contributed by atoms with van der Waals surface area (Å²) in [6.45, 7) is 0.280. The maximum Gasteiger partial charge on any atom is 0.289 e. The summed E-state index contributed by atoms with van der Waals surface area (Å²) in [6, 6.07) is 0.869. The van der Waals surface area contributed by atoms with E-state index in [0.717, 1.165) is 12.1 Å². The van der Waals surface area contributed by atoms with Crippen molar-refractivity contribution >= 4 is 0 Å². The largest absolute Gasteiger partial charge is 0.390 e. The SMILES string of the molecule is OCC(F)(F)[C@H](c1cc(F)cc(F)c1)N1CCNCC1. The number of aliphatic hydroxyl groups is 1. The predicted octanol–water partition coefficient (Wildman–Crippen LogP) is 1.54. The molecule has 2 rings (SSSR count). The molecule has 112 valence electrons. The van der Waals surface area contributed by atoms with E-state index in [1.807, 2.05) is 0 Å². The van der Waals surface area contributed by atoms with Crippen molar-refractivity contribution in [2.75, 3.05) is 32.8 Å². The Balaban J connectivity index is 2.39. The molecule has 1 aliphatic heterocycles. The molecule has 1 heterocycles. The van der Waals surface area contributed by atoms with Crippen molar-refractivity contribution in [1.82, 2.24) is 10.2 Å². The topological polar surface area (TPSA) is 35.5 Å². The highest BCUT2D eigenvalue weighted by Crippen LogP contribution is 2.37. The first-order valence-corrected chi connectivity index (χ1v) is 6.33. The van der Waals surface area contributed by atoms with Crippen LogP contribution in [-0.4, -0.2) is 48.7 Å². The van der Waals surface area contributed by atoms with E-state index in [2.05, 4.69) is 5.32 Å². The van der Waals surface area contributed by atoms with Crippen molar-refractivity contribution in [3.63, 3.8) is 0 Å². The van der Waals surface area contributed by atoms with E-state index in [0.29, 0.717) is 32.2 Å². The number of hydrogen-bond donors (Lipinski definition) is 2. The van der Waals surface area contributed by atoms with Crippen molar-refractivity contribution in [2.24, 2.45) is 0 Å². The third-order valence-corrected chi connectivity index (χ3v) is 3.33. The average Bonchev–Trinajstić information content (AvgIpc) is 2.39. The maximum atomic E-state index is 14.0. The van der Waals surface area contributed by atoms with E-state index in [4.69, 9.17) is 5.11 Å². The van der Waals surface area contributed by atoms with Gasteiger partial charge in [0.1, 0.15) is 24.3 Å². The molecule has 20 heavy (non-hydrogen) atoms. The third kappa shape index (κ3) is 3.28. The van der Waals surface area contributed by atoms with Crippen LogP contribution in [0.3, 0.4) is 0 Å². The lowest BCUT2D eigenvalue weighted by Gasteiger charge is -2.38. The van der Waals surface area contributed by atoms with E-state index >= 15 is 0 Å². The lowest BCUT2D eigenvalue weighted by molar-refractivity contribution is -0.118. The second-order valence-electron chi connectivity index (χ2n) is 4.81. The molecule has 0 aromatic heterocycles. The molecule has 1 saturated heterocycles. The number of rotatable bonds is 4. The van der Waals surface area contributed by atoms with Crippen LogP contribution in [0.2, 0.25) is 0 Å². The summed E-state index contributed by atoms with van der Waals surface area (Å²) in [5.74, 6) is -5.29. The molecular weight excluding hydrogens is 276 g/mol. The lowest BCUT2D eigenvalue weighted by Crippen LogP contribution is -2.51. The van der Waals surface area contributed by atoms with Gasteiger partial charge in [0.2, 0.25) is 0 Å². The van der Waals surface area contributed by atoms with Crippen LogP contribution < -0.4 is 5.32 Å². The average molecular weight is 292 g/mol. The van der Waals surface area contributed by atoms with Gasteiger partial charge in [-0.2, -0.15) is 0 Å². The molecule has 0 unspecified atom stereocenters. The van der Waals surface area contributed by atoms with Gasteiger partial charge in [-0.25, -0.2) is 17.6 Å². The molecule has 0 bridgehead atoms. The fraction of sp³-hybridized carbons (Fsp3) is 0.538. The lowest BCUT2D eigenvalue weighted by atomic mass is 9.98. The Labute approximate surface area is 114 Å². The van der Waals surface area contributed by atoms with Crippen molar-refractivity contribution in [1.29, 1.82) is 0 Å². The zero-order chi connectivity index (χ0) is 14.8. The Morgan fingerprint density at radius 3 is 2.20 bits per heavy atom. The Morgan fingerprint density at radius 2 is 1.70 bits per heavy atom. The highest BCUT2D eigenvalue weighted by Gasteiger charge is 2.44. The van der Waals surface area contributed by atoms with Gasteiger partial charge in [-0.3, -0.25) is 4.90 Å². The summed E-state index contributed by atoms with van der Waals surface area (Å²) >= 11 is 0. The van der Waals surface area contributed by atoms with E-state index < -0.39 is 30.2 Å². The number of nitrogens with one attached hydrogen (secondary N) is 1. The first-order valence-electron chi connectivity index (χ1n) is 6.33. The molecule has 1 aromatic rings. The minimum absolute atomic E-state index is 0.163. The third-order valence-electron chi connectivity index (χ3n) is 3.33. The van der Waals surface area contributed by atoms with Crippen LogP contribution >= 0.6 is 0 Å². The molecule has 1 aromatic carbocycles. The zero-order valence-electron chi connectivity index (χ0n) is 10.8. The van der Waals surface area contributed by atoms with Gasteiger partial charge in [0.05, 0.1) is 0 Å². The molecule has 0 radical (unpaired) electrons. The number of nitrogens with zero attached hydrogens (tertiary/aromatic N) is 1. The summed E-state index contributed by atoms with van der Waals surface area (Å²) in [7, 11) is 0. The Bertz CT molecular complexity index is 443. The molecule has 0 saturated carbocycles. The van der Waals surface area contributed by atoms with Crippen molar-refractivity contribution in [3.8, 4) is 0 Å². The fourth-order valence-corrected chi connectivity index (χ4v) is 2.48. The molecule has 0 spiro atoms. The van der Waals surface area contributed by atoms with Gasteiger partial charge in [-0.1, -0.05) is 0 Å². The van der Waals surface area contributed by atoms with Crippen LogP contribution in [0.15, 0.2) is 18.2 Å². The van der Waals surface area contributed by atoms with Crippen LogP contribution in [0, 0.1) is 11.6 Å². The Hall–Kier alpha value is -1.18. The van der Waals surface area contributed by atoms with Gasteiger partial charge in [-0.15, -0.1) is 0 Å². The first kappa shape index (κ1) is 15.2. The summed E-state index contributed by atoms with van der Waals surface area (Å²) in [5.41, 5.74) is -0.163. The van der Waals surface area contributed by atoms with Crippen molar-refractivity contribution in [3.05, 3.63) is 35.4 Å². The number of benzene rings is 1. The fourth-order valence-electron chi connectivity index (χ4n) is 2.48. The quantitative estimate of drug-likeness (QED) is 0.826. The number of piperazine rings is 1. The molecule has 1 fully saturated rings. The molecule has 0 amide bonds. The molecular formula is C13H16F4N2O. The number of alkyl halides is 2. The maximum absolute atomic E-state index is 14.0. The van der Waals surface area contributed by atoms with Gasteiger partial charge in [0.15, 0.2) is 0 Å². The highest BCUT2D eigenvalue weighted by atomic mass is 19.3. The normalized spacial score (nSPS) is 19.1. The number of hydrogen-bond acceptors (Lipinski definition) is 3. The minimum Gasteiger partial charge on any atom is -0.390 e. The van der Waals surface area contributed by atoms with E-state index in [1.54, 1.807) is 0 Å². The Morgan fingerprint density at radius 1 is 1.15 bits per heavy atom.